The van der Waals surface area contributed by atoms with E-state index in [-0.39, 0.29) is 20.4 Å². The van der Waals surface area contributed by atoms with Crippen molar-refractivity contribution in [2.45, 2.75) is 169 Å². The van der Waals surface area contributed by atoms with Crippen molar-refractivity contribution < 1.29 is 20.4 Å². The predicted molar refractivity (Wildman–Crippen MR) is 199 cm³/mol. The topological polar surface area (TPSA) is 24.7 Å². The summed E-state index contributed by atoms with van der Waals surface area (Å²) in [7, 11) is 0. The van der Waals surface area contributed by atoms with Crippen LogP contribution in [0.15, 0.2) is 64.6 Å². The number of aliphatic imine (C=N–C) groups is 2. The Morgan fingerprint density at radius 2 is 1.13 bits per heavy atom. The summed E-state index contributed by atoms with van der Waals surface area (Å²) >= 11 is 0. The van der Waals surface area contributed by atoms with E-state index in [0.29, 0.717) is 0 Å². The van der Waals surface area contributed by atoms with Gasteiger partial charge in [0.15, 0.2) is 0 Å². The number of hydrogen-bond acceptors (Lipinski definition) is 2. The van der Waals surface area contributed by atoms with Crippen molar-refractivity contribution >= 4 is 22.8 Å². The zero-order valence-electron chi connectivity index (χ0n) is 29.8. The molecule has 0 aliphatic heterocycles. The van der Waals surface area contributed by atoms with Crippen molar-refractivity contribution in [3.63, 3.8) is 0 Å². The average molecular weight is 705 g/mol. The van der Waals surface area contributed by atoms with Gasteiger partial charge in [0.1, 0.15) is 0 Å². The van der Waals surface area contributed by atoms with Gasteiger partial charge in [-0.1, -0.05) is 128 Å². The summed E-state index contributed by atoms with van der Waals surface area (Å²) in [5, 5.41) is 0. The summed E-state index contributed by atoms with van der Waals surface area (Å²) in [4.78, 5) is 10.5. The maximum absolute atomic E-state index is 5.28. The molecule has 0 saturated carbocycles. The smallest absolute Gasteiger partial charge is 0.0665 e. The fourth-order valence-corrected chi connectivity index (χ4v) is 5.80. The SMILES string of the molecule is CCCCCCCCCCC=CCCCc1ccccc1N=C(CCCC)C(C)=Nc1cc(CCCC)cc(CCCC)c1.[Pd]. The van der Waals surface area contributed by atoms with Crippen molar-refractivity contribution in [1.29, 1.82) is 0 Å². The molecule has 0 N–H and O–H groups in total. The number of para-hydroxylation sites is 1. The number of allylic oxidation sites excluding steroid dienone is 2. The van der Waals surface area contributed by atoms with Gasteiger partial charge in [-0.2, -0.15) is 0 Å². The van der Waals surface area contributed by atoms with Crippen molar-refractivity contribution in [1.82, 2.24) is 0 Å². The number of benzene rings is 2. The second-order valence-electron chi connectivity index (χ2n) is 12.8. The molecule has 0 aromatic heterocycles. The van der Waals surface area contributed by atoms with E-state index in [0.717, 1.165) is 67.7 Å². The summed E-state index contributed by atoms with van der Waals surface area (Å²) in [5.41, 5.74) is 8.63. The van der Waals surface area contributed by atoms with E-state index < -0.39 is 0 Å². The van der Waals surface area contributed by atoms with E-state index >= 15 is 0 Å². The number of unbranched alkanes of at least 4 members (excludes halogenated alkanes) is 12. The molecule has 0 amide bonds. The summed E-state index contributed by atoms with van der Waals surface area (Å²) in [6, 6.07) is 15.8. The molecule has 0 spiro atoms. The molecule has 0 aliphatic rings. The van der Waals surface area contributed by atoms with E-state index in [2.05, 4.69) is 89.2 Å². The van der Waals surface area contributed by atoms with Crippen LogP contribution in [0.5, 0.6) is 0 Å². The van der Waals surface area contributed by atoms with Crippen LogP contribution in [0.2, 0.25) is 0 Å². The molecular formula is C42H66N2Pd. The Morgan fingerprint density at radius 3 is 1.76 bits per heavy atom. The van der Waals surface area contributed by atoms with Crippen LogP contribution in [-0.2, 0) is 39.7 Å². The van der Waals surface area contributed by atoms with Crippen molar-refractivity contribution in [2.24, 2.45) is 9.98 Å². The van der Waals surface area contributed by atoms with Crippen LogP contribution >= 0.6 is 0 Å². The van der Waals surface area contributed by atoms with Gasteiger partial charge >= 0.3 is 0 Å². The third-order valence-electron chi connectivity index (χ3n) is 8.61. The second kappa shape index (κ2) is 27.3. The van der Waals surface area contributed by atoms with E-state index in [1.807, 2.05) is 0 Å². The molecule has 0 heterocycles. The molecule has 2 aromatic carbocycles. The predicted octanol–water partition coefficient (Wildman–Crippen LogP) is 13.8. The molecule has 2 rings (SSSR count). The molecule has 3 heteroatoms. The maximum atomic E-state index is 5.28. The Hall–Kier alpha value is -1.82. The second-order valence-corrected chi connectivity index (χ2v) is 12.8. The quantitative estimate of drug-likeness (QED) is 0.0425. The monoisotopic (exact) mass is 704 g/mol. The van der Waals surface area contributed by atoms with Crippen molar-refractivity contribution in [2.75, 3.05) is 0 Å². The first-order chi connectivity index (χ1) is 21.6. The molecule has 0 atom stereocenters. The van der Waals surface area contributed by atoms with E-state index in [4.69, 9.17) is 9.98 Å². The first kappa shape index (κ1) is 41.2. The van der Waals surface area contributed by atoms with Gasteiger partial charge < -0.3 is 0 Å². The number of aryl methyl sites for hydroxylation is 3. The van der Waals surface area contributed by atoms with Gasteiger partial charge in [0.2, 0.25) is 0 Å². The number of rotatable bonds is 25. The standard InChI is InChI=1S/C42H66N2.Pd/c1-6-10-14-15-16-17-18-19-20-21-22-23-24-29-39-30-25-26-32-42(39)44-41(31-13-9-4)36(5)43-40-34-37(27-11-7-2)33-38(35-40)28-12-8-3;/h21-22,25-26,30,32-35H,6-20,23-24,27-29,31H2,1-5H3;. The fourth-order valence-electron chi connectivity index (χ4n) is 5.80. The first-order valence-corrected chi connectivity index (χ1v) is 18.6. The molecule has 0 saturated heterocycles. The Kier molecular flexibility index (Phi) is 25.0. The minimum Gasteiger partial charge on any atom is -0.252 e. The molecular weight excluding hydrogens is 639 g/mol. The van der Waals surface area contributed by atoms with Crippen LogP contribution in [-0.4, -0.2) is 11.4 Å². The molecule has 45 heavy (non-hydrogen) atoms. The Morgan fingerprint density at radius 1 is 0.578 bits per heavy atom. The molecule has 0 unspecified atom stereocenters. The summed E-state index contributed by atoms with van der Waals surface area (Å²) in [5.74, 6) is 0. The molecule has 0 aliphatic carbocycles. The summed E-state index contributed by atoms with van der Waals surface area (Å²) < 4.78 is 0. The van der Waals surface area contributed by atoms with Crippen LogP contribution in [0, 0.1) is 0 Å². The van der Waals surface area contributed by atoms with E-state index in [1.165, 1.54) is 107 Å². The van der Waals surface area contributed by atoms with Crippen LogP contribution in [0.1, 0.15) is 167 Å². The van der Waals surface area contributed by atoms with Gasteiger partial charge in [-0.3, -0.25) is 9.98 Å². The fraction of sp³-hybridized carbons (Fsp3) is 0.619. The van der Waals surface area contributed by atoms with Crippen LogP contribution in [0.3, 0.4) is 0 Å². The summed E-state index contributed by atoms with van der Waals surface area (Å²) in [6.45, 7) is 11.3. The van der Waals surface area contributed by atoms with Gasteiger partial charge in [0.05, 0.1) is 22.8 Å². The Bertz CT molecular complexity index is 1090. The largest absolute Gasteiger partial charge is 0.252 e. The average Bonchev–Trinajstić information content (AvgIpc) is 3.03. The zero-order valence-corrected chi connectivity index (χ0v) is 31.3. The zero-order chi connectivity index (χ0) is 31.7. The Balaban J connectivity index is 0.0000101. The normalized spacial score (nSPS) is 12.2. The minimum absolute atomic E-state index is 0. The van der Waals surface area contributed by atoms with Gasteiger partial charge in [0, 0.05) is 20.4 Å². The molecule has 0 bridgehead atoms. The number of nitrogens with zero attached hydrogens (tertiary/aromatic N) is 2. The van der Waals surface area contributed by atoms with Crippen LogP contribution < -0.4 is 0 Å². The minimum atomic E-state index is 0. The number of hydrogen-bond donors (Lipinski definition) is 0. The first-order valence-electron chi connectivity index (χ1n) is 18.6. The van der Waals surface area contributed by atoms with Crippen LogP contribution in [0.25, 0.3) is 0 Å². The Labute approximate surface area is 292 Å². The van der Waals surface area contributed by atoms with Gasteiger partial charge in [0.25, 0.3) is 0 Å². The molecule has 2 nitrogen and oxygen atoms in total. The molecule has 0 radical (unpaired) electrons. The van der Waals surface area contributed by atoms with Crippen molar-refractivity contribution in [3.05, 3.63) is 71.3 Å². The maximum Gasteiger partial charge on any atom is 0.0665 e. The third-order valence-corrected chi connectivity index (χ3v) is 8.61. The molecule has 0 fully saturated rings. The van der Waals surface area contributed by atoms with E-state index in [1.54, 1.807) is 0 Å². The molecule has 2 aromatic rings. The van der Waals surface area contributed by atoms with Gasteiger partial charge in [-0.05, 0) is 112 Å². The summed E-state index contributed by atoms with van der Waals surface area (Å²) in [6.07, 6.45) is 31.0. The van der Waals surface area contributed by atoms with E-state index in [9.17, 15) is 0 Å². The van der Waals surface area contributed by atoms with Crippen LogP contribution in [0.4, 0.5) is 11.4 Å². The van der Waals surface area contributed by atoms with Gasteiger partial charge in [-0.15, -0.1) is 0 Å². The van der Waals surface area contributed by atoms with Crippen molar-refractivity contribution in [3.8, 4) is 0 Å². The third kappa shape index (κ3) is 18.8. The molecule has 254 valence electrons. The van der Waals surface area contributed by atoms with Gasteiger partial charge in [-0.25, -0.2) is 0 Å².